The predicted molar refractivity (Wildman–Crippen MR) is 211 cm³/mol. The van der Waals surface area contributed by atoms with Crippen LogP contribution in [0.1, 0.15) is 0 Å². The van der Waals surface area contributed by atoms with Gasteiger partial charge in [0.05, 0.1) is 12.1 Å². The van der Waals surface area contributed by atoms with Gasteiger partial charge < -0.3 is 9.80 Å². The van der Waals surface area contributed by atoms with Crippen LogP contribution in [0.25, 0.3) is 33.4 Å². The van der Waals surface area contributed by atoms with E-state index in [2.05, 4.69) is 216 Å². The van der Waals surface area contributed by atoms with Gasteiger partial charge in [0.25, 0.3) is 0 Å². The molecule has 2 heteroatoms. The molecule has 1 heterocycles. The molecule has 0 amide bonds. The van der Waals surface area contributed by atoms with Crippen molar-refractivity contribution in [1.29, 1.82) is 0 Å². The fourth-order valence-corrected chi connectivity index (χ4v) is 7.98. The Balaban J connectivity index is 1.02. The van der Waals surface area contributed by atoms with E-state index in [-0.39, 0.29) is 0 Å². The van der Waals surface area contributed by atoms with Crippen molar-refractivity contribution < 1.29 is 0 Å². The third-order valence-electron chi connectivity index (χ3n) is 10.5. The smallest absolute Gasteiger partial charge is 0.0551 e. The van der Waals surface area contributed by atoms with Crippen LogP contribution in [0.4, 0.5) is 22.7 Å². The van der Waals surface area contributed by atoms with Crippen LogP contribution < -0.4 is 9.80 Å². The van der Waals surface area contributed by atoms with E-state index in [1.54, 1.807) is 0 Å². The van der Waals surface area contributed by atoms with Gasteiger partial charge in [-0.1, -0.05) is 158 Å². The Bertz CT molecular complexity index is 2080. The lowest BCUT2D eigenvalue weighted by Gasteiger charge is -2.32. The van der Waals surface area contributed by atoms with E-state index in [9.17, 15) is 0 Å². The fourth-order valence-electron chi connectivity index (χ4n) is 7.98. The number of hydrogen-bond acceptors (Lipinski definition) is 2. The Morgan fingerprint density at radius 1 is 0.320 bits per heavy atom. The van der Waals surface area contributed by atoms with E-state index >= 15 is 0 Å². The van der Waals surface area contributed by atoms with Gasteiger partial charge in [0.2, 0.25) is 0 Å². The molecule has 4 unspecified atom stereocenters. The zero-order valence-electron chi connectivity index (χ0n) is 27.8. The summed E-state index contributed by atoms with van der Waals surface area (Å²) < 4.78 is 0. The van der Waals surface area contributed by atoms with Crippen molar-refractivity contribution in [3.63, 3.8) is 0 Å². The maximum Gasteiger partial charge on any atom is 0.0551 e. The van der Waals surface area contributed by atoms with Gasteiger partial charge in [-0.25, -0.2) is 0 Å². The van der Waals surface area contributed by atoms with Crippen LogP contribution in [-0.2, 0) is 0 Å². The molecule has 1 fully saturated rings. The summed E-state index contributed by atoms with van der Waals surface area (Å²) >= 11 is 0. The van der Waals surface area contributed by atoms with Gasteiger partial charge in [0.15, 0.2) is 0 Å². The van der Waals surface area contributed by atoms with Crippen LogP contribution in [0.3, 0.4) is 0 Å². The number of benzene rings is 6. The number of fused-ring (bicyclic) bond motifs is 3. The molecule has 240 valence electrons. The molecular formula is C48H38N2. The fraction of sp³-hybridized carbons (Fsp3) is 0.0833. The maximum absolute atomic E-state index is 2.60. The van der Waals surface area contributed by atoms with Crippen LogP contribution in [-0.4, -0.2) is 12.1 Å². The third kappa shape index (κ3) is 5.59. The van der Waals surface area contributed by atoms with Gasteiger partial charge in [0.1, 0.15) is 0 Å². The lowest BCUT2D eigenvalue weighted by molar-refractivity contribution is 0.527. The minimum atomic E-state index is 0.377. The van der Waals surface area contributed by atoms with Crippen molar-refractivity contribution in [1.82, 2.24) is 0 Å². The summed E-state index contributed by atoms with van der Waals surface area (Å²) in [6, 6.07) is 57.8. The monoisotopic (exact) mass is 642 g/mol. The lowest BCUT2D eigenvalue weighted by atomic mass is 9.83. The molecule has 6 aromatic carbocycles. The van der Waals surface area contributed by atoms with Gasteiger partial charge in [-0.15, -0.1) is 0 Å². The van der Waals surface area contributed by atoms with Crippen LogP contribution in [0.15, 0.2) is 206 Å². The second kappa shape index (κ2) is 13.1. The summed E-state index contributed by atoms with van der Waals surface area (Å²) in [5, 5.41) is 0. The van der Waals surface area contributed by atoms with E-state index < -0.39 is 0 Å². The number of hydrogen-bond donors (Lipinski definition) is 0. The molecule has 0 spiro atoms. The average molecular weight is 643 g/mol. The van der Waals surface area contributed by atoms with Crippen molar-refractivity contribution in [2.24, 2.45) is 11.8 Å². The molecule has 2 aliphatic carbocycles. The van der Waals surface area contributed by atoms with Gasteiger partial charge in [0, 0.05) is 34.6 Å². The van der Waals surface area contributed by atoms with Crippen LogP contribution in [0.2, 0.25) is 0 Å². The molecule has 3 aliphatic rings. The van der Waals surface area contributed by atoms with Gasteiger partial charge in [-0.05, 0) is 81.9 Å². The first-order valence-corrected chi connectivity index (χ1v) is 17.6. The SMILES string of the molecule is C1=CC2C3C=CC=CC3N(c3ccc(-c4ccc(N(c5ccc(-c6ccccc6)cc5)c5ccc(-c6ccccc6)cc5)cc4)cc3)C2C=C1. The van der Waals surface area contributed by atoms with Crippen LogP contribution in [0.5, 0.6) is 0 Å². The Kier molecular flexibility index (Phi) is 7.83. The highest BCUT2D eigenvalue weighted by atomic mass is 15.2. The second-order valence-corrected chi connectivity index (χ2v) is 13.3. The first-order chi connectivity index (χ1) is 24.8. The summed E-state index contributed by atoms with van der Waals surface area (Å²) in [7, 11) is 0. The normalized spacial score (nSPS) is 20.0. The van der Waals surface area contributed by atoms with Crippen molar-refractivity contribution in [2.75, 3.05) is 9.80 Å². The number of allylic oxidation sites excluding steroid dienone is 4. The highest BCUT2D eigenvalue weighted by Gasteiger charge is 2.45. The molecule has 0 radical (unpaired) electrons. The van der Waals surface area contributed by atoms with Gasteiger partial charge in [-0.3, -0.25) is 0 Å². The first kappa shape index (κ1) is 30.0. The van der Waals surface area contributed by atoms with E-state index in [1.165, 1.54) is 39.1 Å². The topological polar surface area (TPSA) is 6.48 Å². The van der Waals surface area contributed by atoms with E-state index in [0.29, 0.717) is 23.9 Å². The van der Waals surface area contributed by atoms with Crippen LogP contribution >= 0.6 is 0 Å². The number of rotatable bonds is 7. The second-order valence-electron chi connectivity index (χ2n) is 13.3. The highest BCUT2D eigenvalue weighted by molar-refractivity contribution is 5.81. The van der Waals surface area contributed by atoms with Crippen molar-refractivity contribution >= 4 is 22.7 Å². The lowest BCUT2D eigenvalue weighted by Crippen LogP contribution is -2.36. The zero-order valence-corrected chi connectivity index (χ0v) is 27.8. The third-order valence-corrected chi connectivity index (χ3v) is 10.5. The Labute approximate surface area is 295 Å². The summed E-state index contributed by atoms with van der Waals surface area (Å²) in [5.74, 6) is 1.01. The molecule has 1 saturated heterocycles. The van der Waals surface area contributed by atoms with Gasteiger partial charge in [-0.2, -0.15) is 0 Å². The molecule has 0 bridgehead atoms. The first-order valence-electron chi connectivity index (χ1n) is 17.6. The van der Waals surface area contributed by atoms with Crippen molar-refractivity contribution in [3.05, 3.63) is 206 Å². The molecule has 0 aromatic heterocycles. The molecule has 0 saturated carbocycles. The summed E-state index contributed by atoms with van der Waals surface area (Å²) in [4.78, 5) is 4.95. The average Bonchev–Trinajstić information content (AvgIpc) is 3.54. The number of anilines is 4. The van der Waals surface area contributed by atoms with Crippen molar-refractivity contribution in [3.8, 4) is 33.4 Å². The summed E-state index contributed by atoms with van der Waals surface area (Å²) in [6.45, 7) is 0. The summed E-state index contributed by atoms with van der Waals surface area (Å²) in [6.07, 6.45) is 18.3. The number of nitrogens with zero attached hydrogens (tertiary/aromatic N) is 2. The summed E-state index contributed by atoms with van der Waals surface area (Å²) in [5.41, 5.74) is 11.9. The Morgan fingerprint density at radius 2 is 0.640 bits per heavy atom. The van der Waals surface area contributed by atoms with E-state index in [0.717, 1.165) is 17.1 Å². The Hall–Kier alpha value is -6.12. The van der Waals surface area contributed by atoms with E-state index in [4.69, 9.17) is 0 Å². The van der Waals surface area contributed by atoms with E-state index in [1.807, 2.05) is 0 Å². The zero-order chi connectivity index (χ0) is 33.3. The molecule has 9 rings (SSSR count). The minimum Gasteiger partial charge on any atom is -0.357 e. The molecule has 2 nitrogen and oxygen atoms in total. The Morgan fingerprint density at radius 3 is 1.02 bits per heavy atom. The molecule has 1 aliphatic heterocycles. The van der Waals surface area contributed by atoms with Gasteiger partial charge >= 0.3 is 0 Å². The molecule has 0 N–H and O–H groups in total. The highest BCUT2D eigenvalue weighted by Crippen LogP contribution is 2.44. The molecule has 4 atom stereocenters. The molecule has 50 heavy (non-hydrogen) atoms. The maximum atomic E-state index is 2.60. The quantitative estimate of drug-likeness (QED) is 0.171. The van der Waals surface area contributed by atoms with Crippen LogP contribution in [0, 0.1) is 11.8 Å². The largest absolute Gasteiger partial charge is 0.357 e. The predicted octanol–water partition coefficient (Wildman–Crippen LogP) is 12.2. The molecule has 6 aromatic rings. The molecular weight excluding hydrogens is 605 g/mol. The standard InChI is InChI=1S/C48H38N2/c1-3-11-35(12-4-1)37-19-27-41(28-20-37)49(42-29-21-38(22-30-42)36-13-5-2-6-14-36)43-31-23-39(24-32-43)40-25-33-44(34-26-40)50-47-17-9-7-15-45(47)46-16-8-10-18-48(46)50/h1-34,45-48H. The minimum absolute atomic E-state index is 0.377. The van der Waals surface area contributed by atoms with Crippen molar-refractivity contribution in [2.45, 2.75) is 12.1 Å².